The van der Waals surface area contributed by atoms with Crippen LogP contribution in [0.15, 0.2) is 30.3 Å². The Hall–Kier alpha value is -1.63. The van der Waals surface area contributed by atoms with Gasteiger partial charge in [0.15, 0.2) is 0 Å². The van der Waals surface area contributed by atoms with Crippen LogP contribution in [0.1, 0.15) is 32.4 Å². The monoisotopic (exact) mass is 371 g/mol. The van der Waals surface area contributed by atoms with E-state index in [0.717, 1.165) is 5.56 Å². The second-order valence-corrected chi connectivity index (χ2v) is 6.15. The van der Waals surface area contributed by atoms with Crippen LogP contribution in [0.3, 0.4) is 0 Å². The molecule has 0 saturated heterocycles. The number of amides is 2. The molecule has 25 heavy (non-hydrogen) atoms. The molecule has 0 aromatic heterocycles. The highest BCUT2D eigenvalue weighted by Gasteiger charge is 2.23. The van der Waals surface area contributed by atoms with Crippen LogP contribution < -0.4 is 11.1 Å². The molecule has 0 spiro atoms. The Labute approximate surface area is 156 Å². The van der Waals surface area contributed by atoms with Crippen LogP contribution in [-0.2, 0) is 14.3 Å². The normalized spacial score (nSPS) is 12.9. The molecule has 0 aliphatic heterocycles. The lowest BCUT2D eigenvalue weighted by atomic mass is 10.0. The van der Waals surface area contributed by atoms with Crippen molar-refractivity contribution >= 4 is 24.2 Å². The number of carbonyl (C=O) groups excluding carboxylic acids is 2. The third kappa shape index (κ3) is 7.42. The van der Waals surface area contributed by atoms with E-state index in [1.807, 2.05) is 51.1 Å². The van der Waals surface area contributed by atoms with Crippen LogP contribution in [0.5, 0.6) is 0 Å². The van der Waals surface area contributed by atoms with Gasteiger partial charge in [0.2, 0.25) is 11.8 Å². The summed E-state index contributed by atoms with van der Waals surface area (Å²) in [4.78, 5) is 26.2. The summed E-state index contributed by atoms with van der Waals surface area (Å²) >= 11 is 0. The summed E-state index contributed by atoms with van der Waals surface area (Å²) in [6, 6.07) is 9.05. The van der Waals surface area contributed by atoms with E-state index in [1.54, 1.807) is 12.0 Å². The minimum absolute atomic E-state index is 0. The fraction of sp³-hybridized carbons (Fsp3) is 0.556. The van der Waals surface area contributed by atoms with Crippen molar-refractivity contribution in [3.05, 3.63) is 35.9 Å². The molecular weight excluding hydrogens is 342 g/mol. The lowest BCUT2D eigenvalue weighted by Gasteiger charge is -2.30. The van der Waals surface area contributed by atoms with E-state index in [0.29, 0.717) is 13.2 Å². The molecule has 2 atom stereocenters. The van der Waals surface area contributed by atoms with Gasteiger partial charge in [-0.05, 0) is 18.4 Å². The highest BCUT2D eigenvalue weighted by molar-refractivity contribution is 5.87. The molecule has 0 saturated carbocycles. The van der Waals surface area contributed by atoms with Gasteiger partial charge in [-0.1, -0.05) is 44.2 Å². The van der Waals surface area contributed by atoms with Gasteiger partial charge in [0.05, 0.1) is 25.2 Å². The third-order valence-corrected chi connectivity index (χ3v) is 4.04. The smallest absolute Gasteiger partial charge is 0.242 e. The minimum Gasteiger partial charge on any atom is -0.383 e. The number of nitrogens with zero attached hydrogens (tertiary/aromatic N) is 1. The van der Waals surface area contributed by atoms with Crippen molar-refractivity contribution in [3.8, 4) is 0 Å². The molecule has 2 amide bonds. The highest BCUT2D eigenvalue weighted by atomic mass is 35.5. The van der Waals surface area contributed by atoms with Crippen molar-refractivity contribution in [2.45, 2.75) is 32.9 Å². The Bertz CT molecular complexity index is 526. The number of nitrogens with two attached hydrogens (primary N) is 1. The summed E-state index contributed by atoms with van der Waals surface area (Å²) in [6.07, 6.45) is 0. The topological polar surface area (TPSA) is 84.7 Å². The van der Waals surface area contributed by atoms with Crippen LogP contribution in [0, 0.1) is 5.92 Å². The number of hydrogen-bond donors (Lipinski definition) is 2. The van der Waals surface area contributed by atoms with Crippen LogP contribution >= 0.6 is 12.4 Å². The van der Waals surface area contributed by atoms with Crippen LogP contribution in [-0.4, -0.2) is 49.6 Å². The summed E-state index contributed by atoms with van der Waals surface area (Å²) in [5, 5.41) is 2.63. The highest BCUT2D eigenvalue weighted by Crippen LogP contribution is 2.19. The number of hydrogen-bond acceptors (Lipinski definition) is 4. The van der Waals surface area contributed by atoms with Crippen LogP contribution in [0.25, 0.3) is 0 Å². The zero-order valence-electron chi connectivity index (χ0n) is 15.4. The van der Waals surface area contributed by atoms with Crippen molar-refractivity contribution < 1.29 is 14.3 Å². The summed E-state index contributed by atoms with van der Waals surface area (Å²) in [5.74, 6) is -0.446. The second-order valence-electron chi connectivity index (χ2n) is 6.15. The minimum atomic E-state index is -0.614. The van der Waals surface area contributed by atoms with Gasteiger partial charge >= 0.3 is 0 Å². The maximum atomic E-state index is 12.6. The molecule has 1 rings (SSSR count). The number of methoxy groups -OCH3 is 1. The average molecular weight is 372 g/mol. The van der Waals surface area contributed by atoms with Gasteiger partial charge in [-0.15, -0.1) is 12.4 Å². The van der Waals surface area contributed by atoms with Crippen molar-refractivity contribution in [1.29, 1.82) is 0 Å². The van der Waals surface area contributed by atoms with E-state index < -0.39 is 6.04 Å². The van der Waals surface area contributed by atoms with Gasteiger partial charge in [-0.3, -0.25) is 9.59 Å². The Kier molecular flexibility index (Phi) is 11.1. The first-order chi connectivity index (χ1) is 11.4. The Balaban J connectivity index is 0.00000576. The van der Waals surface area contributed by atoms with E-state index in [2.05, 4.69) is 5.32 Å². The molecule has 1 unspecified atom stereocenters. The fourth-order valence-electron chi connectivity index (χ4n) is 2.32. The molecule has 142 valence electrons. The first-order valence-electron chi connectivity index (χ1n) is 8.25. The molecule has 0 aliphatic carbocycles. The van der Waals surface area contributed by atoms with E-state index in [9.17, 15) is 9.59 Å². The molecule has 1 aromatic rings. The molecule has 1 aromatic carbocycles. The first-order valence-corrected chi connectivity index (χ1v) is 8.25. The SMILES string of the molecule is COCCN(C(=O)CNC(=O)[C@@H](N)C(C)C)C(C)c1ccccc1.Cl. The zero-order chi connectivity index (χ0) is 18.1. The second kappa shape index (κ2) is 11.8. The Morgan fingerprint density at radius 1 is 1.20 bits per heavy atom. The number of halogens is 1. The zero-order valence-corrected chi connectivity index (χ0v) is 16.2. The Morgan fingerprint density at radius 2 is 1.80 bits per heavy atom. The average Bonchev–Trinajstić information content (AvgIpc) is 2.59. The van der Waals surface area contributed by atoms with Gasteiger partial charge < -0.3 is 20.7 Å². The maximum Gasteiger partial charge on any atom is 0.242 e. The summed E-state index contributed by atoms with van der Waals surface area (Å²) in [5.41, 5.74) is 6.83. The lowest BCUT2D eigenvalue weighted by molar-refractivity contribution is -0.135. The molecule has 6 nitrogen and oxygen atoms in total. The van der Waals surface area contributed by atoms with Gasteiger partial charge in [-0.2, -0.15) is 0 Å². The predicted octanol–water partition coefficient (Wildman–Crippen LogP) is 1.74. The number of nitrogens with one attached hydrogen (secondary N) is 1. The molecule has 0 radical (unpaired) electrons. The van der Waals surface area contributed by atoms with Crippen LogP contribution in [0.4, 0.5) is 0 Å². The molecule has 0 heterocycles. The van der Waals surface area contributed by atoms with E-state index in [-0.39, 0.29) is 42.7 Å². The number of benzene rings is 1. The van der Waals surface area contributed by atoms with Gasteiger partial charge in [0, 0.05) is 13.7 Å². The standard InChI is InChI=1S/C18H29N3O3.ClH/c1-13(2)17(19)18(23)20-12-16(22)21(10-11-24-4)14(3)15-8-6-5-7-9-15;/h5-9,13-14,17H,10-12,19H2,1-4H3,(H,20,23);1H/t14?,17-;/m0./s1. The van der Waals surface area contributed by atoms with Gasteiger partial charge in [0.1, 0.15) is 0 Å². The van der Waals surface area contributed by atoms with Crippen molar-refractivity contribution in [1.82, 2.24) is 10.2 Å². The largest absolute Gasteiger partial charge is 0.383 e. The molecule has 7 heteroatoms. The molecule has 3 N–H and O–H groups in total. The first kappa shape index (κ1) is 23.4. The summed E-state index contributed by atoms with van der Waals surface area (Å²) in [6.45, 7) is 6.52. The maximum absolute atomic E-state index is 12.6. The molecular formula is C18H30ClN3O3. The molecule has 0 fully saturated rings. The van der Waals surface area contributed by atoms with Crippen molar-refractivity contribution in [2.24, 2.45) is 11.7 Å². The molecule has 0 bridgehead atoms. The quantitative estimate of drug-likeness (QED) is 0.692. The van der Waals surface area contributed by atoms with Crippen molar-refractivity contribution in [3.63, 3.8) is 0 Å². The summed E-state index contributed by atoms with van der Waals surface area (Å²) < 4.78 is 5.10. The number of rotatable bonds is 9. The van der Waals surface area contributed by atoms with E-state index in [1.165, 1.54) is 0 Å². The Morgan fingerprint density at radius 3 is 2.32 bits per heavy atom. The lowest BCUT2D eigenvalue weighted by Crippen LogP contribution is -2.48. The molecule has 0 aliphatic rings. The number of ether oxygens (including phenoxy) is 1. The van der Waals surface area contributed by atoms with Crippen molar-refractivity contribution in [2.75, 3.05) is 26.8 Å². The van der Waals surface area contributed by atoms with Gasteiger partial charge in [0.25, 0.3) is 0 Å². The number of carbonyl (C=O) groups is 2. The van der Waals surface area contributed by atoms with Crippen LogP contribution in [0.2, 0.25) is 0 Å². The van der Waals surface area contributed by atoms with E-state index in [4.69, 9.17) is 10.5 Å². The van der Waals surface area contributed by atoms with E-state index >= 15 is 0 Å². The summed E-state index contributed by atoms with van der Waals surface area (Å²) in [7, 11) is 1.60. The predicted molar refractivity (Wildman–Crippen MR) is 102 cm³/mol. The van der Waals surface area contributed by atoms with Gasteiger partial charge in [-0.25, -0.2) is 0 Å². The third-order valence-electron chi connectivity index (χ3n) is 4.04. The fourth-order valence-corrected chi connectivity index (χ4v) is 2.32.